The number of hydrogen-bond acceptors (Lipinski definition) is 6. The van der Waals surface area contributed by atoms with Crippen LogP contribution in [-0.2, 0) is 24.9 Å². The maximum Gasteiger partial charge on any atom is 0.143 e. The smallest absolute Gasteiger partial charge is 0.143 e. The van der Waals surface area contributed by atoms with E-state index >= 15 is 0 Å². The fraction of sp³-hybridized carbons (Fsp3) is 0.357. The van der Waals surface area contributed by atoms with E-state index in [0.29, 0.717) is 0 Å². The van der Waals surface area contributed by atoms with Crippen molar-refractivity contribution in [3.8, 4) is 12.1 Å². The third kappa shape index (κ3) is 4.57. The number of aromatic nitrogens is 6. The van der Waals surface area contributed by atoms with Gasteiger partial charge >= 0.3 is 0 Å². The Balaban J connectivity index is 0.000000155. The largest absolute Gasteiger partial charge is 0.320 e. The SMILES string of the molecule is Cn1cnnc1C1(c2cccc(Br)c2)CC(C#N)C1.Cn1cnnc1C1(c2cccc(Br)c2)CC(C#N)C1. The van der Waals surface area contributed by atoms with Crippen LogP contribution in [-0.4, -0.2) is 29.5 Å². The topological polar surface area (TPSA) is 109 Å². The lowest BCUT2D eigenvalue weighted by Crippen LogP contribution is -2.43. The molecule has 0 spiro atoms. The number of hydrogen-bond donors (Lipinski definition) is 0. The van der Waals surface area contributed by atoms with Crippen LogP contribution in [0.2, 0.25) is 0 Å². The molecule has 8 nitrogen and oxygen atoms in total. The van der Waals surface area contributed by atoms with Gasteiger partial charge in [0.15, 0.2) is 0 Å². The highest BCUT2D eigenvalue weighted by Crippen LogP contribution is 2.52. The van der Waals surface area contributed by atoms with Crippen molar-refractivity contribution in [2.24, 2.45) is 25.9 Å². The van der Waals surface area contributed by atoms with E-state index in [4.69, 9.17) is 10.5 Å². The monoisotopic (exact) mass is 632 g/mol. The molecule has 2 aromatic carbocycles. The molecule has 0 unspecified atom stereocenters. The maximum atomic E-state index is 9.08. The quantitative estimate of drug-likeness (QED) is 0.290. The molecular weight excluding hydrogens is 608 g/mol. The molecule has 2 fully saturated rings. The van der Waals surface area contributed by atoms with Crippen LogP contribution in [0.25, 0.3) is 0 Å². The van der Waals surface area contributed by atoms with E-state index in [-0.39, 0.29) is 22.7 Å². The first-order valence-electron chi connectivity index (χ1n) is 12.3. The van der Waals surface area contributed by atoms with Gasteiger partial charge < -0.3 is 9.13 Å². The van der Waals surface area contributed by atoms with Crippen LogP contribution in [0.1, 0.15) is 48.5 Å². The average molecular weight is 634 g/mol. The van der Waals surface area contributed by atoms with Gasteiger partial charge in [-0.1, -0.05) is 56.1 Å². The summed E-state index contributed by atoms with van der Waals surface area (Å²) in [7, 11) is 3.91. The van der Waals surface area contributed by atoms with Crippen molar-refractivity contribution in [3.63, 3.8) is 0 Å². The lowest BCUT2D eigenvalue weighted by atomic mass is 9.58. The Morgan fingerprint density at radius 2 is 1.13 bits per heavy atom. The van der Waals surface area contributed by atoms with E-state index in [2.05, 4.69) is 88.7 Å². The molecule has 0 radical (unpaired) electrons. The van der Waals surface area contributed by atoms with E-state index in [0.717, 1.165) is 46.3 Å². The predicted octanol–water partition coefficient (Wildman–Crippen LogP) is 5.59. The molecule has 192 valence electrons. The van der Waals surface area contributed by atoms with Gasteiger partial charge in [0.05, 0.1) is 23.0 Å². The Hall–Kier alpha value is -3.34. The van der Waals surface area contributed by atoms with Gasteiger partial charge in [0.25, 0.3) is 0 Å². The first-order chi connectivity index (χ1) is 18.3. The van der Waals surface area contributed by atoms with Gasteiger partial charge in [-0.05, 0) is 61.1 Å². The highest BCUT2D eigenvalue weighted by molar-refractivity contribution is 9.10. The third-order valence-corrected chi connectivity index (χ3v) is 8.76. The summed E-state index contributed by atoms with van der Waals surface area (Å²) in [6.45, 7) is 0. The minimum atomic E-state index is -0.171. The number of benzene rings is 2. The Labute approximate surface area is 238 Å². The predicted molar refractivity (Wildman–Crippen MR) is 149 cm³/mol. The second-order valence-corrected chi connectivity index (χ2v) is 12.0. The molecular formula is C28H26Br2N8. The number of nitrogens with zero attached hydrogens (tertiary/aromatic N) is 8. The molecule has 4 aromatic rings. The van der Waals surface area contributed by atoms with Gasteiger partial charge in [-0.3, -0.25) is 0 Å². The summed E-state index contributed by atoms with van der Waals surface area (Å²) < 4.78 is 6.00. The van der Waals surface area contributed by atoms with Crippen LogP contribution >= 0.6 is 31.9 Å². The molecule has 2 aromatic heterocycles. The summed E-state index contributed by atoms with van der Waals surface area (Å²) >= 11 is 7.03. The number of aryl methyl sites for hydroxylation is 2. The summed E-state index contributed by atoms with van der Waals surface area (Å²) in [4.78, 5) is 0. The summed E-state index contributed by atoms with van der Waals surface area (Å²) in [5, 5.41) is 34.7. The molecule has 0 N–H and O–H groups in total. The molecule has 0 aliphatic heterocycles. The lowest BCUT2D eigenvalue weighted by molar-refractivity contribution is 0.215. The lowest BCUT2D eigenvalue weighted by Gasteiger charge is -2.44. The van der Waals surface area contributed by atoms with Crippen molar-refractivity contribution in [2.75, 3.05) is 0 Å². The van der Waals surface area contributed by atoms with Crippen LogP contribution < -0.4 is 0 Å². The van der Waals surface area contributed by atoms with E-state index in [1.54, 1.807) is 12.7 Å². The molecule has 2 saturated carbocycles. The maximum absolute atomic E-state index is 9.08. The van der Waals surface area contributed by atoms with Crippen LogP contribution in [0.5, 0.6) is 0 Å². The fourth-order valence-electron chi connectivity index (χ4n) is 5.85. The normalized spacial score (nSPS) is 25.6. The molecule has 6 rings (SSSR count). The van der Waals surface area contributed by atoms with Crippen molar-refractivity contribution in [2.45, 2.75) is 36.5 Å². The average Bonchev–Trinajstić information content (AvgIpc) is 3.48. The second-order valence-electron chi connectivity index (χ2n) is 10.2. The zero-order valence-electron chi connectivity index (χ0n) is 21.1. The van der Waals surface area contributed by atoms with Crippen molar-refractivity contribution in [3.05, 3.63) is 92.9 Å². The molecule has 2 heterocycles. The standard InChI is InChI=1S/2C14H13BrN4/c2*1-19-9-17-18-13(19)14(6-10(7-14)8-16)11-3-2-4-12(15)5-11/h2*2-5,9-10H,6-7H2,1H3. The Morgan fingerprint density at radius 3 is 1.42 bits per heavy atom. The summed E-state index contributed by atoms with van der Waals surface area (Å²) in [6.07, 6.45) is 6.68. The molecule has 0 amide bonds. The molecule has 0 saturated heterocycles. The van der Waals surface area contributed by atoms with Gasteiger partial charge in [0.1, 0.15) is 24.3 Å². The van der Waals surface area contributed by atoms with E-state index < -0.39 is 0 Å². The minimum Gasteiger partial charge on any atom is -0.320 e. The van der Waals surface area contributed by atoms with Crippen LogP contribution in [0.15, 0.2) is 70.1 Å². The Bertz CT molecular complexity index is 1410. The molecule has 0 atom stereocenters. The first-order valence-corrected chi connectivity index (χ1v) is 13.9. The zero-order chi connectivity index (χ0) is 26.9. The number of nitriles is 2. The fourth-order valence-corrected chi connectivity index (χ4v) is 6.64. The summed E-state index contributed by atoms with van der Waals surface area (Å²) in [6, 6.07) is 21.2. The molecule has 2 aliphatic carbocycles. The van der Waals surface area contributed by atoms with Crippen LogP contribution in [0, 0.1) is 34.5 Å². The van der Waals surface area contributed by atoms with Crippen molar-refractivity contribution < 1.29 is 0 Å². The Kier molecular flexibility index (Phi) is 7.21. The molecule has 38 heavy (non-hydrogen) atoms. The Morgan fingerprint density at radius 1 is 0.737 bits per heavy atom. The zero-order valence-corrected chi connectivity index (χ0v) is 24.3. The molecule has 0 bridgehead atoms. The van der Waals surface area contributed by atoms with Crippen molar-refractivity contribution in [1.29, 1.82) is 10.5 Å². The highest BCUT2D eigenvalue weighted by atomic mass is 79.9. The summed E-state index contributed by atoms with van der Waals surface area (Å²) in [5.74, 6) is 2.10. The van der Waals surface area contributed by atoms with Gasteiger partial charge in [-0.15, -0.1) is 20.4 Å². The van der Waals surface area contributed by atoms with Gasteiger partial charge in [0, 0.05) is 34.9 Å². The third-order valence-electron chi connectivity index (χ3n) is 7.78. The number of rotatable bonds is 4. The van der Waals surface area contributed by atoms with E-state index in [1.165, 1.54) is 11.1 Å². The second kappa shape index (κ2) is 10.4. The van der Waals surface area contributed by atoms with E-state index in [1.807, 2.05) is 47.5 Å². The minimum absolute atomic E-state index is 0.107. The van der Waals surface area contributed by atoms with Crippen molar-refractivity contribution in [1.82, 2.24) is 29.5 Å². The molecule has 10 heteroatoms. The highest BCUT2D eigenvalue weighted by Gasteiger charge is 2.51. The van der Waals surface area contributed by atoms with Gasteiger partial charge in [-0.2, -0.15) is 10.5 Å². The van der Waals surface area contributed by atoms with Crippen molar-refractivity contribution >= 4 is 31.9 Å². The number of halogens is 2. The van der Waals surface area contributed by atoms with E-state index in [9.17, 15) is 0 Å². The van der Waals surface area contributed by atoms with Gasteiger partial charge in [0.2, 0.25) is 0 Å². The molecule has 2 aliphatic rings. The first kappa shape index (κ1) is 26.3. The summed E-state index contributed by atoms with van der Waals surface area (Å²) in [5.41, 5.74) is 2.05. The van der Waals surface area contributed by atoms with Gasteiger partial charge in [-0.25, -0.2) is 0 Å². The van der Waals surface area contributed by atoms with Crippen LogP contribution in [0.3, 0.4) is 0 Å². The van der Waals surface area contributed by atoms with Crippen LogP contribution in [0.4, 0.5) is 0 Å².